The topological polar surface area (TPSA) is 92.6 Å². The number of nitrogens with one attached hydrogen (secondary N) is 3. The van der Waals surface area contributed by atoms with E-state index in [1.54, 1.807) is 7.05 Å². The van der Waals surface area contributed by atoms with Crippen molar-refractivity contribution >= 4 is 12.1 Å². The highest BCUT2D eigenvalue weighted by molar-refractivity contribution is 5.80. The third kappa shape index (κ3) is 6.92. The number of carbonyl (C=O) groups is 1. The van der Waals surface area contributed by atoms with Crippen molar-refractivity contribution in [2.24, 2.45) is 12.0 Å². The van der Waals surface area contributed by atoms with Crippen LogP contribution in [0.25, 0.3) is 0 Å². The molecule has 0 aliphatic heterocycles. The van der Waals surface area contributed by atoms with E-state index in [1.807, 2.05) is 32.5 Å². The summed E-state index contributed by atoms with van der Waals surface area (Å²) in [5, 5.41) is 14.6. The van der Waals surface area contributed by atoms with E-state index in [4.69, 9.17) is 4.74 Å². The Hall–Kier alpha value is -2.25. The van der Waals surface area contributed by atoms with Crippen molar-refractivity contribution in [3.05, 3.63) is 17.0 Å². The number of rotatable bonds is 6. The summed E-state index contributed by atoms with van der Waals surface area (Å²) in [6, 6.07) is 0.514. The molecule has 0 bridgehead atoms. The molecule has 2 rings (SSSR count). The second kappa shape index (κ2) is 10.7. The van der Waals surface area contributed by atoms with Crippen molar-refractivity contribution in [3.63, 3.8) is 0 Å². The van der Waals surface area contributed by atoms with Crippen LogP contribution in [0.5, 0.6) is 0 Å². The van der Waals surface area contributed by atoms with Crippen molar-refractivity contribution in [2.45, 2.75) is 97.4 Å². The normalized spacial score (nSPS) is 20.0. The second-order valence-electron chi connectivity index (χ2n) is 8.97. The molecule has 3 N–H and O–H groups in total. The molecule has 0 atom stereocenters. The minimum absolute atomic E-state index is 0.169. The van der Waals surface area contributed by atoms with Gasteiger partial charge in [0.1, 0.15) is 5.60 Å². The average molecular weight is 421 g/mol. The van der Waals surface area contributed by atoms with Gasteiger partial charge in [-0.2, -0.15) is 5.10 Å². The Bertz CT molecular complexity index is 727. The fourth-order valence-corrected chi connectivity index (χ4v) is 4.01. The molecule has 1 amide bonds. The number of aliphatic imine (C=N–C) groups is 1. The standard InChI is InChI=1S/C22H40N6O2/c1-8-18-17(19(9-2)28(7)27-18)14-24-20(23-6)25-15-10-12-16(13-11-15)26-21(29)30-22(3,4)5/h15-16H,8-14H2,1-7H3,(H,26,29)(H2,23,24,25). The molecule has 1 aliphatic rings. The second-order valence-corrected chi connectivity index (χ2v) is 8.97. The van der Waals surface area contributed by atoms with Crippen LogP contribution >= 0.6 is 0 Å². The minimum Gasteiger partial charge on any atom is -0.444 e. The molecule has 1 aromatic heterocycles. The Morgan fingerprint density at radius 3 is 2.23 bits per heavy atom. The number of carbonyl (C=O) groups excluding carboxylic acids is 1. The lowest BCUT2D eigenvalue weighted by Gasteiger charge is -2.31. The van der Waals surface area contributed by atoms with Gasteiger partial charge in [-0.15, -0.1) is 0 Å². The first-order valence-corrected chi connectivity index (χ1v) is 11.2. The zero-order valence-corrected chi connectivity index (χ0v) is 19.8. The number of hydrogen-bond acceptors (Lipinski definition) is 4. The van der Waals surface area contributed by atoms with Crippen molar-refractivity contribution in [1.82, 2.24) is 25.7 Å². The summed E-state index contributed by atoms with van der Waals surface area (Å²) < 4.78 is 7.35. The number of ether oxygens (including phenoxy) is 1. The molecule has 0 spiro atoms. The SMILES string of the molecule is CCc1nn(C)c(CC)c1CNC(=NC)NC1CCC(NC(=O)OC(C)(C)C)CC1. The summed E-state index contributed by atoms with van der Waals surface area (Å²) in [7, 11) is 3.81. The average Bonchev–Trinajstić information content (AvgIpc) is 2.99. The molecule has 170 valence electrons. The molecular formula is C22H40N6O2. The predicted molar refractivity (Wildman–Crippen MR) is 121 cm³/mol. The first-order chi connectivity index (χ1) is 14.2. The minimum atomic E-state index is -0.468. The zero-order chi connectivity index (χ0) is 22.3. The lowest BCUT2D eigenvalue weighted by atomic mass is 9.91. The van der Waals surface area contributed by atoms with Gasteiger partial charge in [0.2, 0.25) is 0 Å². The smallest absolute Gasteiger partial charge is 0.407 e. The van der Waals surface area contributed by atoms with Crippen LogP contribution in [0.15, 0.2) is 4.99 Å². The van der Waals surface area contributed by atoms with Crippen LogP contribution < -0.4 is 16.0 Å². The summed E-state index contributed by atoms with van der Waals surface area (Å²) in [6.45, 7) is 10.7. The van der Waals surface area contributed by atoms with Gasteiger partial charge in [0, 0.05) is 44.0 Å². The van der Waals surface area contributed by atoms with Gasteiger partial charge in [0.25, 0.3) is 0 Å². The van der Waals surface area contributed by atoms with Gasteiger partial charge in [-0.3, -0.25) is 9.67 Å². The monoisotopic (exact) mass is 420 g/mol. The van der Waals surface area contributed by atoms with E-state index in [-0.39, 0.29) is 12.1 Å². The molecule has 8 nitrogen and oxygen atoms in total. The Morgan fingerprint density at radius 2 is 1.73 bits per heavy atom. The lowest BCUT2D eigenvalue weighted by Crippen LogP contribution is -2.48. The van der Waals surface area contributed by atoms with E-state index in [9.17, 15) is 4.79 Å². The maximum absolute atomic E-state index is 12.0. The molecular weight excluding hydrogens is 380 g/mol. The van der Waals surface area contributed by atoms with Gasteiger partial charge < -0.3 is 20.7 Å². The predicted octanol–water partition coefficient (Wildman–Crippen LogP) is 3.05. The van der Waals surface area contributed by atoms with Crippen molar-refractivity contribution in [2.75, 3.05) is 7.05 Å². The van der Waals surface area contributed by atoms with Crippen LogP contribution in [0.3, 0.4) is 0 Å². The van der Waals surface area contributed by atoms with E-state index in [0.717, 1.165) is 56.7 Å². The number of hydrogen-bond donors (Lipinski definition) is 3. The van der Waals surface area contributed by atoms with Gasteiger partial charge in [-0.25, -0.2) is 4.79 Å². The highest BCUT2D eigenvalue weighted by Crippen LogP contribution is 2.20. The third-order valence-corrected chi connectivity index (χ3v) is 5.47. The summed E-state index contributed by atoms with van der Waals surface area (Å²) in [5.41, 5.74) is 3.22. The van der Waals surface area contributed by atoms with E-state index in [1.165, 1.54) is 11.3 Å². The first kappa shape index (κ1) is 24.0. The van der Waals surface area contributed by atoms with E-state index >= 15 is 0 Å². The number of aromatic nitrogens is 2. The van der Waals surface area contributed by atoms with E-state index in [2.05, 4.69) is 39.9 Å². The van der Waals surface area contributed by atoms with Crippen LogP contribution in [0.4, 0.5) is 4.79 Å². The van der Waals surface area contributed by atoms with Gasteiger partial charge in [0.05, 0.1) is 5.69 Å². The fraction of sp³-hybridized carbons (Fsp3) is 0.773. The largest absolute Gasteiger partial charge is 0.444 e. The fourth-order valence-electron chi connectivity index (χ4n) is 4.01. The Kier molecular flexibility index (Phi) is 8.55. The van der Waals surface area contributed by atoms with Gasteiger partial charge in [-0.1, -0.05) is 13.8 Å². The summed E-state index contributed by atoms with van der Waals surface area (Å²) in [5.74, 6) is 0.812. The highest BCUT2D eigenvalue weighted by Gasteiger charge is 2.25. The molecule has 0 radical (unpaired) electrons. The zero-order valence-electron chi connectivity index (χ0n) is 19.8. The maximum Gasteiger partial charge on any atom is 0.407 e. The molecule has 0 aromatic carbocycles. The number of amides is 1. The summed E-state index contributed by atoms with van der Waals surface area (Å²) >= 11 is 0. The van der Waals surface area contributed by atoms with Crippen molar-refractivity contribution < 1.29 is 9.53 Å². The molecule has 0 unspecified atom stereocenters. The number of aryl methyl sites for hydroxylation is 2. The third-order valence-electron chi connectivity index (χ3n) is 5.47. The number of guanidine groups is 1. The van der Waals surface area contributed by atoms with Crippen LogP contribution in [0, 0.1) is 0 Å². The number of alkyl carbamates (subject to hydrolysis) is 1. The Labute approximate surface area is 181 Å². The molecule has 30 heavy (non-hydrogen) atoms. The molecule has 1 saturated carbocycles. The summed E-state index contributed by atoms with van der Waals surface area (Å²) in [6.07, 6.45) is 5.37. The number of nitrogens with zero attached hydrogens (tertiary/aromatic N) is 3. The van der Waals surface area contributed by atoms with Gasteiger partial charge in [-0.05, 0) is 59.3 Å². The van der Waals surface area contributed by atoms with Gasteiger partial charge in [0.15, 0.2) is 5.96 Å². The van der Waals surface area contributed by atoms with Crippen molar-refractivity contribution in [1.29, 1.82) is 0 Å². The van der Waals surface area contributed by atoms with E-state index in [0.29, 0.717) is 6.04 Å². The maximum atomic E-state index is 12.0. The molecule has 0 saturated heterocycles. The Morgan fingerprint density at radius 1 is 1.13 bits per heavy atom. The van der Waals surface area contributed by atoms with Crippen LogP contribution in [-0.4, -0.2) is 46.6 Å². The molecule has 1 heterocycles. The van der Waals surface area contributed by atoms with Crippen LogP contribution in [-0.2, 0) is 31.2 Å². The molecule has 1 aliphatic carbocycles. The molecule has 1 aromatic rings. The Balaban J connectivity index is 1.82. The lowest BCUT2D eigenvalue weighted by molar-refractivity contribution is 0.0490. The first-order valence-electron chi connectivity index (χ1n) is 11.2. The molecule has 1 fully saturated rings. The van der Waals surface area contributed by atoms with Crippen molar-refractivity contribution in [3.8, 4) is 0 Å². The highest BCUT2D eigenvalue weighted by atomic mass is 16.6. The van der Waals surface area contributed by atoms with Gasteiger partial charge >= 0.3 is 6.09 Å². The summed E-state index contributed by atoms with van der Waals surface area (Å²) in [4.78, 5) is 16.4. The van der Waals surface area contributed by atoms with Crippen LogP contribution in [0.1, 0.15) is 77.3 Å². The van der Waals surface area contributed by atoms with Crippen LogP contribution in [0.2, 0.25) is 0 Å². The quantitative estimate of drug-likeness (QED) is 0.486. The molecule has 8 heteroatoms. The van der Waals surface area contributed by atoms with E-state index < -0.39 is 5.60 Å².